The number of ether oxygens (including phenoxy) is 1. The summed E-state index contributed by atoms with van der Waals surface area (Å²) >= 11 is 17.4. The molecule has 0 spiro atoms. The smallest absolute Gasteiger partial charge is 0.261 e. The van der Waals surface area contributed by atoms with Gasteiger partial charge in [0.2, 0.25) is 0 Å². The van der Waals surface area contributed by atoms with Gasteiger partial charge in [0.15, 0.2) is 5.11 Å². The minimum atomic E-state index is -0.393. The van der Waals surface area contributed by atoms with Crippen molar-refractivity contribution >= 4 is 46.4 Å². The second-order valence-electron chi connectivity index (χ2n) is 6.14. The molecule has 1 amide bonds. The van der Waals surface area contributed by atoms with Crippen molar-refractivity contribution in [1.82, 2.24) is 15.5 Å². The third-order valence-electron chi connectivity index (χ3n) is 4.66. The predicted molar refractivity (Wildman–Crippen MR) is 99.2 cm³/mol. The maximum Gasteiger partial charge on any atom is 0.261 e. The van der Waals surface area contributed by atoms with Crippen molar-refractivity contribution in [3.05, 3.63) is 27.7 Å². The molecule has 0 radical (unpaired) electrons. The molecule has 1 aromatic rings. The van der Waals surface area contributed by atoms with E-state index in [4.69, 9.17) is 40.2 Å². The summed E-state index contributed by atoms with van der Waals surface area (Å²) in [5.74, 6) is 0.499. The zero-order chi connectivity index (χ0) is 17.3. The second kappa shape index (κ2) is 7.44. The second-order valence-corrected chi connectivity index (χ2v) is 7.39. The monoisotopic (exact) mass is 387 g/mol. The van der Waals surface area contributed by atoms with E-state index in [0.29, 0.717) is 16.1 Å². The van der Waals surface area contributed by atoms with Gasteiger partial charge >= 0.3 is 0 Å². The Morgan fingerprint density at radius 2 is 2.04 bits per heavy atom. The number of piperidine rings is 3. The van der Waals surface area contributed by atoms with Gasteiger partial charge in [-0.15, -0.1) is 0 Å². The molecule has 5 nitrogen and oxygen atoms in total. The van der Waals surface area contributed by atoms with E-state index in [9.17, 15) is 4.79 Å². The van der Waals surface area contributed by atoms with Crippen molar-refractivity contribution in [2.75, 3.05) is 26.7 Å². The minimum Gasteiger partial charge on any atom is -0.494 e. The largest absolute Gasteiger partial charge is 0.494 e. The number of methoxy groups -OCH3 is 1. The van der Waals surface area contributed by atoms with Gasteiger partial charge < -0.3 is 15.0 Å². The summed E-state index contributed by atoms with van der Waals surface area (Å²) in [6, 6.07) is 3.33. The Hall–Kier alpha value is -1.08. The molecule has 3 aliphatic rings. The summed E-state index contributed by atoms with van der Waals surface area (Å²) in [6.45, 7) is 3.27. The minimum absolute atomic E-state index is 0.257. The Morgan fingerprint density at radius 3 is 2.62 bits per heavy atom. The van der Waals surface area contributed by atoms with E-state index in [1.807, 2.05) is 0 Å². The molecule has 3 fully saturated rings. The lowest BCUT2D eigenvalue weighted by atomic mass is 9.84. The van der Waals surface area contributed by atoms with Crippen LogP contribution in [0.15, 0.2) is 12.1 Å². The van der Waals surface area contributed by atoms with Crippen LogP contribution >= 0.6 is 35.4 Å². The van der Waals surface area contributed by atoms with Crippen LogP contribution in [0.1, 0.15) is 23.2 Å². The Labute approximate surface area is 156 Å². The average Bonchev–Trinajstić information content (AvgIpc) is 2.55. The molecule has 4 rings (SSSR count). The number of amides is 1. The Morgan fingerprint density at radius 1 is 1.33 bits per heavy atom. The molecule has 1 atom stereocenters. The maximum absolute atomic E-state index is 12.5. The molecule has 0 saturated carbocycles. The fourth-order valence-corrected chi connectivity index (χ4v) is 4.25. The fourth-order valence-electron chi connectivity index (χ4n) is 3.44. The zero-order valence-electron chi connectivity index (χ0n) is 13.3. The number of hydrogen-bond donors (Lipinski definition) is 2. The summed E-state index contributed by atoms with van der Waals surface area (Å²) in [6.07, 6.45) is 2.35. The highest BCUT2D eigenvalue weighted by Gasteiger charge is 2.34. The van der Waals surface area contributed by atoms with E-state index in [2.05, 4.69) is 15.5 Å². The van der Waals surface area contributed by atoms with E-state index in [1.165, 1.54) is 32.1 Å². The highest BCUT2D eigenvalue weighted by molar-refractivity contribution is 7.80. The topological polar surface area (TPSA) is 53.6 Å². The highest BCUT2D eigenvalue weighted by atomic mass is 35.5. The van der Waals surface area contributed by atoms with Crippen molar-refractivity contribution in [3.8, 4) is 5.75 Å². The van der Waals surface area contributed by atoms with E-state index in [1.54, 1.807) is 0 Å². The number of thiocarbonyl (C=S) groups is 1. The van der Waals surface area contributed by atoms with Gasteiger partial charge in [-0.05, 0) is 56.2 Å². The highest BCUT2D eigenvalue weighted by Crippen LogP contribution is 2.32. The van der Waals surface area contributed by atoms with Crippen LogP contribution in [-0.2, 0) is 0 Å². The summed E-state index contributed by atoms with van der Waals surface area (Å²) in [5.41, 5.74) is 0.257. The molecule has 1 unspecified atom stereocenters. The summed E-state index contributed by atoms with van der Waals surface area (Å²) < 4.78 is 5.20. The Bertz CT molecular complexity index is 663. The van der Waals surface area contributed by atoms with Crippen molar-refractivity contribution in [1.29, 1.82) is 0 Å². The van der Waals surface area contributed by atoms with Crippen LogP contribution in [0.25, 0.3) is 0 Å². The molecule has 24 heavy (non-hydrogen) atoms. The lowest BCUT2D eigenvalue weighted by Crippen LogP contribution is -2.59. The van der Waals surface area contributed by atoms with Gasteiger partial charge in [-0.2, -0.15) is 0 Å². The molecule has 2 N–H and O–H groups in total. The third kappa shape index (κ3) is 3.77. The molecule has 1 aromatic carbocycles. The quantitative estimate of drug-likeness (QED) is 0.780. The predicted octanol–water partition coefficient (Wildman–Crippen LogP) is 2.70. The number of halogens is 2. The first-order valence-corrected chi connectivity index (χ1v) is 9.01. The molecular formula is C16H19Cl2N3O2S. The number of carbonyl (C=O) groups is 1. The van der Waals surface area contributed by atoms with Crippen LogP contribution in [0.3, 0.4) is 0 Å². The van der Waals surface area contributed by atoms with Crippen LogP contribution in [0.2, 0.25) is 10.0 Å². The van der Waals surface area contributed by atoms with Gasteiger partial charge in [-0.25, -0.2) is 0 Å². The first-order valence-electron chi connectivity index (χ1n) is 7.85. The van der Waals surface area contributed by atoms with Gasteiger partial charge in [0.25, 0.3) is 5.91 Å². The van der Waals surface area contributed by atoms with Crippen molar-refractivity contribution in [2.24, 2.45) is 5.92 Å². The molecule has 3 heterocycles. The van der Waals surface area contributed by atoms with Crippen molar-refractivity contribution < 1.29 is 9.53 Å². The van der Waals surface area contributed by atoms with Crippen molar-refractivity contribution in [3.63, 3.8) is 0 Å². The van der Waals surface area contributed by atoms with Crippen LogP contribution in [0, 0.1) is 5.92 Å². The summed E-state index contributed by atoms with van der Waals surface area (Å²) in [7, 11) is 1.45. The average molecular weight is 388 g/mol. The number of benzene rings is 1. The van der Waals surface area contributed by atoms with E-state index in [0.717, 1.165) is 19.6 Å². The van der Waals surface area contributed by atoms with Gasteiger partial charge in [0.1, 0.15) is 5.75 Å². The van der Waals surface area contributed by atoms with Crippen molar-refractivity contribution in [2.45, 2.75) is 18.9 Å². The molecule has 3 saturated heterocycles. The molecule has 0 aromatic heterocycles. The standard InChI is InChI=1S/C16H19Cl2N3O2S/c1-23-14-11(6-10(17)7-12(14)18)15(22)20-16(24)19-13-8-21-4-2-9(13)3-5-21/h6-7,9,13H,2-5,8H2,1H3,(H2,19,20,22,24). The van der Waals surface area contributed by atoms with Gasteiger partial charge in [0.05, 0.1) is 17.7 Å². The molecule has 2 bridgehead atoms. The number of rotatable bonds is 3. The summed E-state index contributed by atoms with van der Waals surface area (Å²) in [5, 5.41) is 6.93. The van der Waals surface area contributed by atoms with E-state index < -0.39 is 5.91 Å². The zero-order valence-corrected chi connectivity index (χ0v) is 15.6. The molecule has 3 aliphatic heterocycles. The number of carbonyl (C=O) groups excluding carboxylic acids is 1. The van der Waals surface area contributed by atoms with Crippen LogP contribution in [0.5, 0.6) is 5.75 Å². The van der Waals surface area contributed by atoms with Gasteiger partial charge in [0, 0.05) is 17.6 Å². The van der Waals surface area contributed by atoms with Gasteiger partial charge in [-0.1, -0.05) is 23.2 Å². The first-order chi connectivity index (χ1) is 11.5. The van der Waals surface area contributed by atoms with Crippen LogP contribution < -0.4 is 15.4 Å². The third-order valence-corrected chi connectivity index (χ3v) is 5.38. The first kappa shape index (κ1) is 17.7. The molecule has 8 heteroatoms. The normalized spacial score (nSPS) is 25.2. The van der Waals surface area contributed by atoms with E-state index >= 15 is 0 Å². The van der Waals surface area contributed by atoms with Crippen LogP contribution in [-0.4, -0.2) is 48.7 Å². The lowest BCUT2D eigenvalue weighted by Gasteiger charge is -2.45. The maximum atomic E-state index is 12.5. The summed E-state index contributed by atoms with van der Waals surface area (Å²) in [4.78, 5) is 14.9. The van der Waals surface area contributed by atoms with E-state index in [-0.39, 0.29) is 22.4 Å². The molecule has 130 valence electrons. The SMILES string of the molecule is COc1c(Cl)cc(Cl)cc1C(=O)NC(=S)NC1CN2CCC1CC2. The Kier molecular flexibility index (Phi) is 5.49. The van der Waals surface area contributed by atoms with Crippen LogP contribution in [0.4, 0.5) is 0 Å². The molecular weight excluding hydrogens is 369 g/mol. The van der Waals surface area contributed by atoms with Gasteiger partial charge in [-0.3, -0.25) is 10.1 Å². The Balaban J connectivity index is 1.65. The number of fused-ring (bicyclic) bond motifs is 3. The lowest BCUT2D eigenvalue weighted by molar-refractivity contribution is 0.0807. The number of nitrogens with zero attached hydrogens (tertiary/aromatic N) is 1. The molecule has 0 aliphatic carbocycles. The number of hydrogen-bond acceptors (Lipinski definition) is 4. The number of nitrogens with one attached hydrogen (secondary N) is 2. The fraction of sp³-hybridized carbons (Fsp3) is 0.500.